The van der Waals surface area contributed by atoms with Crippen LogP contribution in [0.25, 0.3) is 0 Å². The van der Waals surface area contributed by atoms with Gasteiger partial charge in [0.25, 0.3) is 0 Å². The number of thiazole rings is 1. The number of rotatable bonds is 8. The highest BCUT2D eigenvalue weighted by Gasteiger charge is 2.19. The number of hydrogen-bond donors (Lipinski definition) is 2. The molecule has 2 rings (SSSR count). The van der Waals surface area contributed by atoms with Crippen molar-refractivity contribution in [3.63, 3.8) is 0 Å². The fraction of sp³-hybridized carbons (Fsp3) is 0.533. The van der Waals surface area contributed by atoms with Crippen molar-refractivity contribution < 1.29 is 14.3 Å². The lowest BCUT2D eigenvalue weighted by Crippen LogP contribution is -2.17. The molecular formula is C15H22N6O3S2. The van der Waals surface area contributed by atoms with E-state index in [1.807, 2.05) is 6.92 Å². The summed E-state index contributed by atoms with van der Waals surface area (Å²) in [7, 11) is 0. The monoisotopic (exact) mass is 398 g/mol. The fourth-order valence-corrected chi connectivity index (χ4v) is 3.53. The smallest absolute Gasteiger partial charge is 0.350 e. The van der Waals surface area contributed by atoms with E-state index in [0.29, 0.717) is 26.7 Å². The van der Waals surface area contributed by atoms with Crippen LogP contribution in [0.1, 0.15) is 48.4 Å². The number of aryl methyl sites for hydroxylation is 2. The zero-order chi connectivity index (χ0) is 19.3. The average Bonchev–Trinajstić information content (AvgIpc) is 3.09. The molecule has 0 unspecified atom stereocenters. The molecule has 0 aromatic carbocycles. The van der Waals surface area contributed by atoms with Crippen LogP contribution < -0.4 is 11.2 Å². The van der Waals surface area contributed by atoms with Gasteiger partial charge in [0, 0.05) is 6.42 Å². The van der Waals surface area contributed by atoms with E-state index in [0.717, 1.165) is 24.2 Å². The lowest BCUT2D eigenvalue weighted by Gasteiger charge is -2.05. The van der Waals surface area contributed by atoms with Crippen molar-refractivity contribution in [2.45, 2.75) is 51.8 Å². The van der Waals surface area contributed by atoms with Gasteiger partial charge in [-0.25, -0.2) is 14.5 Å². The normalized spacial score (nSPS) is 11.0. The Hall–Kier alpha value is -2.14. The number of nitrogens with one attached hydrogen (secondary N) is 1. The van der Waals surface area contributed by atoms with Gasteiger partial charge in [-0.2, -0.15) is 0 Å². The van der Waals surface area contributed by atoms with E-state index >= 15 is 0 Å². The number of aromatic nitrogens is 4. The van der Waals surface area contributed by atoms with Crippen molar-refractivity contribution >= 4 is 40.1 Å². The molecule has 142 valence electrons. The highest BCUT2D eigenvalue weighted by atomic mass is 32.2. The molecule has 11 heteroatoms. The van der Waals surface area contributed by atoms with Gasteiger partial charge in [0.15, 0.2) is 11.0 Å². The van der Waals surface area contributed by atoms with E-state index in [4.69, 9.17) is 10.6 Å². The summed E-state index contributed by atoms with van der Waals surface area (Å²) < 4.78 is 6.56. The summed E-state index contributed by atoms with van der Waals surface area (Å²) in [5, 5.41) is 11.5. The lowest BCUT2D eigenvalue weighted by molar-refractivity contribution is -0.113. The number of esters is 1. The Morgan fingerprint density at radius 2 is 2.12 bits per heavy atom. The Morgan fingerprint density at radius 1 is 1.38 bits per heavy atom. The van der Waals surface area contributed by atoms with Gasteiger partial charge in [0.2, 0.25) is 11.1 Å². The molecule has 2 aromatic rings. The first kappa shape index (κ1) is 20.2. The van der Waals surface area contributed by atoms with Crippen molar-refractivity contribution in [3.8, 4) is 0 Å². The highest BCUT2D eigenvalue weighted by molar-refractivity contribution is 7.99. The second-order valence-corrected chi connectivity index (χ2v) is 7.68. The minimum absolute atomic E-state index is 0.103. The molecule has 2 aromatic heterocycles. The van der Waals surface area contributed by atoms with Crippen LogP contribution in [0.5, 0.6) is 0 Å². The summed E-state index contributed by atoms with van der Waals surface area (Å²) in [4.78, 5) is 28.7. The second-order valence-electron chi connectivity index (χ2n) is 5.74. The van der Waals surface area contributed by atoms with Gasteiger partial charge in [0.05, 0.1) is 17.6 Å². The highest BCUT2D eigenvalue weighted by Crippen LogP contribution is 2.24. The standard InChI is InChI=1S/C15H22N6O3S2/c1-5-6-10-19-20-15(21(10)16)25-7-11(22)18-14-17-9(4)12(26-14)13(23)24-8(2)3/h8H,5-7,16H2,1-4H3,(H,17,18,22). The second kappa shape index (κ2) is 8.99. The maximum atomic E-state index is 12.1. The average molecular weight is 399 g/mol. The van der Waals surface area contributed by atoms with E-state index in [9.17, 15) is 9.59 Å². The predicted octanol–water partition coefficient (Wildman–Crippen LogP) is 2.01. The molecule has 26 heavy (non-hydrogen) atoms. The van der Waals surface area contributed by atoms with Crippen molar-refractivity contribution in [2.24, 2.45) is 0 Å². The minimum Gasteiger partial charge on any atom is -0.459 e. The van der Waals surface area contributed by atoms with E-state index in [1.165, 1.54) is 16.4 Å². The van der Waals surface area contributed by atoms with Crippen LogP contribution in [0.15, 0.2) is 5.16 Å². The molecular weight excluding hydrogens is 376 g/mol. The van der Waals surface area contributed by atoms with E-state index < -0.39 is 5.97 Å². The van der Waals surface area contributed by atoms with Crippen molar-refractivity contribution in [1.82, 2.24) is 19.9 Å². The van der Waals surface area contributed by atoms with Crippen LogP contribution in [0.2, 0.25) is 0 Å². The number of amides is 1. The number of carbonyl (C=O) groups is 2. The van der Waals surface area contributed by atoms with Gasteiger partial charge >= 0.3 is 5.97 Å². The molecule has 2 heterocycles. The van der Waals surface area contributed by atoms with Crippen LogP contribution in [0, 0.1) is 6.92 Å². The number of nitrogens with two attached hydrogens (primary N) is 1. The third-order valence-corrected chi connectivity index (χ3v) is 5.11. The molecule has 0 aliphatic heterocycles. The molecule has 0 fully saturated rings. The number of carbonyl (C=O) groups excluding carboxylic acids is 2. The van der Waals surface area contributed by atoms with Crippen LogP contribution in [-0.2, 0) is 16.0 Å². The van der Waals surface area contributed by atoms with Crippen molar-refractivity contribution in [2.75, 3.05) is 16.9 Å². The number of thioether (sulfide) groups is 1. The van der Waals surface area contributed by atoms with E-state index in [-0.39, 0.29) is 17.8 Å². The molecule has 0 radical (unpaired) electrons. The molecule has 0 saturated carbocycles. The summed E-state index contributed by atoms with van der Waals surface area (Å²) in [5.41, 5.74) is 0.523. The Kier molecular flexibility index (Phi) is 6.98. The van der Waals surface area contributed by atoms with Crippen LogP contribution in [0.3, 0.4) is 0 Å². The first-order valence-corrected chi connectivity index (χ1v) is 9.92. The molecule has 1 amide bonds. The molecule has 0 saturated heterocycles. The summed E-state index contributed by atoms with van der Waals surface area (Å²) in [6, 6.07) is 0. The third kappa shape index (κ3) is 5.18. The Morgan fingerprint density at radius 3 is 2.77 bits per heavy atom. The SMILES string of the molecule is CCCc1nnc(SCC(=O)Nc2nc(C)c(C(=O)OC(C)C)s2)n1N. The summed E-state index contributed by atoms with van der Waals surface area (Å²) in [6.07, 6.45) is 1.42. The quantitative estimate of drug-likeness (QED) is 0.393. The summed E-state index contributed by atoms with van der Waals surface area (Å²) in [5.74, 6) is 5.97. The maximum Gasteiger partial charge on any atom is 0.350 e. The van der Waals surface area contributed by atoms with Gasteiger partial charge in [-0.1, -0.05) is 30.0 Å². The molecule has 9 nitrogen and oxygen atoms in total. The first-order valence-electron chi connectivity index (χ1n) is 8.12. The van der Waals surface area contributed by atoms with Crippen molar-refractivity contribution in [3.05, 3.63) is 16.4 Å². The van der Waals surface area contributed by atoms with Gasteiger partial charge in [-0.15, -0.1) is 10.2 Å². The summed E-state index contributed by atoms with van der Waals surface area (Å²) in [6.45, 7) is 7.27. The van der Waals surface area contributed by atoms with E-state index in [1.54, 1.807) is 20.8 Å². The topological polar surface area (TPSA) is 125 Å². The third-order valence-electron chi connectivity index (χ3n) is 3.11. The molecule has 3 N–H and O–H groups in total. The van der Waals surface area contributed by atoms with Gasteiger partial charge in [0.1, 0.15) is 4.88 Å². The number of anilines is 1. The molecule has 0 aliphatic carbocycles. The molecule has 0 atom stereocenters. The van der Waals surface area contributed by atoms with E-state index in [2.05, 4.69) is 20.5 Å². The van der Waals surface area contributed by atoms with Crippen LogP contribution in [0.4, 0.5) is 5.13 Å². The minimum atomic E-state index is -0.440. The zero-order valence-electron chi connectivity index (χ0n) is 15.1. The number of nitrogen functional groups attached to an aromatic ring is 1. The van der Waals surface area contributed by atoms with Crippen LogP contribution in [-0.4, -0.2) is 43.6 Å². The summed E-state index contributed by atoms with van der Waals surface area (Å²) >= 11 is 2.27. The number of ether oxygens (including phenoxy) is 1. The number of nitrogens with zero attached hydrogens (tertiary/aromatic N) is 4. The molecule has 0 bridgehead atoms. The molecule has 0 spiro atoms. The Labute approximate surface area is 159 Å². The van der Waals surface area contributed by atoms with Gasteiger partial charge in [-0.05, 0) is 27.2 Å². The van der Waals surface area contributed by atoms with Crippen molar-refractivity contribution in [1.29, 1.82) is 0 Å². The van der Waals surface area contributed by atoms with Gasteiger partial charge < -0.3 is 15.9 Å². The maximum absolute atomic E-state index is 12.1. The first-order chi connectivity index (χ1) is 12.3. The number of hydrogen-bond acceptors (Lipinski definition) is 9. The lowest BCUT2D eigenvalue weighted by atomic mass is 10.3. The zero-order valence-corrected chi connectivity index (χ0v) is 16.7. The Bertz CT molecular complexity index is 786. The largest absolute Gasteiger partial charge is 0.459 e. The van der Waals surface area contributed by atoms with Gasteiger partial charge in [-0.3, -0.25) is 4.79 Å². The van der Waals surface area contributed by atoms with Crippen LogP contribution >= 0.6 is 23.1 Å². The predicted molar refractivity (Wildman–Crippen MR) is 101 cm³/mol. The Balaban J connectivity index is 1.93. The molecule has 0 aliphatic rings. The fourth-order valence-electron chi connectivity index (χ4n) is 1.99.